The van der Waals surface area contributed by atoms with Gasteiger partial charge in [0.2, 0.25) is 0 Å². The molecule has 2 aromatic carbocycles. The minimum atomic E-state index is -4.42. The molecule has 4 nitrogen and oxygen atoms in total. The largest absolute Gasteiger partial charge is 0.416 e. The zero-order valence-corrected chi connectivity index (χ0v) is 12.3. The number of halogens is 3. The van der Waals surface area contributed by atoms with Crippen LogP contribution in [0, 0.1) is 0 Å². The second-order valence-corrected chi connectivity index (χ2v) is 5.07. The van der Waals surface area contributed by atoms with E-state index in [0.717, 1.165) is 35.5 Å². The van der Waals surface area contributed by atoms with Crippen LogP contribution in [-0.2, 0) is 6.18 Å². The van der Waals surface area contributed by atoms with Crippen LogP contribution in [-0.4, -0.2) is 15.9 Å². The smallest absolute Gasteiger partial charge is 0.345 e. The molecule has 0 unspecified atom stereocenters. The van der Waals surface area contributed by atoms with Crippen molar-refractivity contribution in [3.05, 3.63) is 72.2 Å². The molecule has 122 valence electrons. The van der Waals surface area contributed by atoms with Gasteiger partial charge in [-0.1, -0.05) is 12.1 Å². The summed E-state index contributed by atoms with van der Waals surface area (Å²) in [6.45, 7) is 0. The lowest BCUT2D eigenvalue weighted by molar-refractivity contribution is -0.137. The highest BCUT2D eigenvalue weighted by Gasteiger charge is 2.30. The Bertz CT molecular complexity index is 823. The molecule has 0 bridgehead atoms. The monoisotopic (exact) mass is 331 g/mol. The summed E-state index contributed by atoms with van der Waals surface area (Å²) in [4.78, 5) is 19.0. The standard InChI is InChI=1S/C17H12F3N3O/c18-17(19,20)13-5-1-12(2-6-13)16(24)23-14-7-3-11(4-8-14)15-9-21-10-22-15/h1-10H,(H,21,22)(H,23,24). The van der Waals surface area contributed by atoms with E-state index >= 15 is 0 Å². The normalized spacial score (nSPS) is 11.3. The second kappa shape index (κ2) is 6.19. The summed E-state index contributed by atoms with van der Waals surface area (Å²) in [6, 6.07) is 11.1. The lowest BCUT2D eigenvalue weighted by Crippen LogP contribution is -2.12. The van der Waals surface area contributed by atoms with Gasteiger partial charge >= 0.3 is 6.18 Å². The minimum Gasteiger partial charge on any atom is -0.345 e. The molecule has 0 aliphatic heterocycles. The number of hydrogen-bond donors (Lipinski definition) is 2. The van der Waals surface area contributed by atoms with Gasteiger partial charge in [0.15, 0.2) is 0 Å². The van der Waals surface area contributed by atoms with Crippen LogP contribution >= 0.6 is 0 Å². The van der Waals surface area contributed by atoms with E-state index in [4.69, 9.17) is 0 Å². The van der Waals surface area contributed by atoms with E-state index in [1.165, 1.54) is 0 Å². The van der Waals surface area contributed by atoms with E-state index in [0.29, 0.717) is 5.69 Å². The fourth-order valence-corrected chi connectivity index (χ4v) is 2.16. The number of hydrogen-bond acceptors (Lipinski definition) is 2. The van der Waals surface area contributed by atoms with Crippen molar-refractivity contribution >= 4 is 11.6 Å². The lowest BCUT2D eigenvalue weighted by Gasteiger charge is -2.09. The summed E-state index contributed by atoms with van der Waals surface area (Å²) < 4.78 is 37.5. The molecule has 0 fully saturated rings. The van der Waals surface area contributed by atoms with Crippen molar-refractivity contribution in [2.45, 2.75) is 6.18 Å². The second-order valence-electron chi connectivity index (χ2n) is 5.07. The number of anilines is 1. The maximum Gasteiger partial charge on any atom is 0.416 e. The first kappa shape index (κ1) is 15.8. The van der Waals surface area contributed by atoms with Crippen LogP contribution in [0.25, 0.3) is 11.3 Å². The van der Waals surface area contributed by atoms with E-state index in [-0.39, 0.29) is 5.56 Å². The van der Waals surface area contributed by atoms with Gasteiger partial charge in [-0.05, 0) is 42.0 Å². The number of H-pyrrole nitrogens is 1. The molecule has 0 saturated heterocycles. The zero-order chi connectivity index (χ0) is 17.2. The van der Waals surface area contributed by atoms with Gasteiger partial charge in [0, 0.05) is 11.3 Å². The molecule has 3 rings (SSSR count). The van der Waals surface area contributed by atoms with Crippen molar-refractivity contribution in [1.82, 2.24) is 9.97 Å². The van der Waals surface area contributed by atoms with Crippen LogP contribution in [0.15, 0.2) is 61.1 Å². The van der Waals surface area contributed by atoms with Crippen LogP contribution in [0.1, 0.15) is 15.9 Å². The van der Waals surface area contributed by atoms with E-state index in [1.807, 2.05) is 0 Å². The van der Waals surface area contributed by atoms with Crippen molar-refractivity contribution in [2.24, 2.45) is 0 Å². The van der Waals surface area contributed by atoms with Crippen molar-refractivity contribution in [3.8, 4) is 11.3 Å². The third kappa shape index (κ3) is 3.45. The predicted octanol–water partition coefficient (Wildman–Crippen LogP) is 4.35. The molecular formula is C17H12F3N3O. The topological polar surface area (TPSA) is 57.8 Å². The van der Waals surface area contributed by atoms with Crippen molar-refractivity contribution in [2.75, 3.05) is 5.32 Å². The van der Waals surface area contributed by atoms with E-state index < -0.39 is 17.6 Å². The average molecular weight is 331 g/mol. The minimum absolute atomic E-state index is 0.153. The number of amides is 1. The van der Waals surface area contributed by atoms with Crippen LogP contribution in [0.2, 0.25) is 0 Å². The maximum absolute atomic E-state index is 12.5. The van der Waals surface area contributed by atoms with Gasteiger partial charge in [-0.15, -0.1) is 0 Å². The van der Waals surface area contributed by atoms with Gasteiger partial charge in [-0.3, -0.25) is 4.79 Å². The van der Waals surface area contributed by atoms with Crippen molar-refractivity contribution < 1.29 is 18.0 Å². The number of nitrogens with zero attached hydrogens (tertiary/aromatic N) is 1. The van der Waals surface area contributed by atoms with Gasteiger partial charge in [-0.25, -0.2) is 4.98 Å². The van der Waals surface area contributed by atoms with Crippen molar-refractivity contribution in [3.63, 3.8) is 0 Å². The molecule has 1 amide bonds. The molecule has 3 aromatic rings. The molecule has 0 atom stereocenters. The quantitative estimate of drug-likeness (QED) is 0.750. The summed E-state index contributed by atoms with van der Waals surface area (Å²) in [7, 11) is 0. The van der Waals surface area contributed by atoms with Gasteiger partial charge in [0.05, 0.1) is 23.8 Å². The molecule has 7 heteroatoms. The zero-order valence-electron chi connectivity index (χ0n) is 12.3. The van der Waals surface area contributed by atoms with Crippen LogP contribution in [0.5, 0.6) is 0 Å². The molecule has 2 N–H and O–H groups in total. The Morgan fingerprint density at radius 1 is 1.00 bits per heavy atom. The Morgan fingerprint density at radius 3 is 2.21 bits per heavy atom. The first-order valence-corrected chi connectivity index (χ1v) is 7.01. The number of carbonyl (C=O) groups excluding carboxylic acids is 1. The SMILES string of the molecule is O=C(Nc1ccc(-c2cnc[nH]2)cc1)c1ccc(C(F)(F)F)cc1. The molecule has 0 aliphatic carbocycles. The number of carbonyl (C=O) groups is 1. The van der Waals surface area contributed by atoms with E-state index in [1.54, 1.807) is 36.8 Å². The van der Waals surface area contributed by atoms with Gasteiger partial charge in [0.25, 0.3) is 5.91 Å². The van der Waals surface area contributed by atoms with E-state index in [9.17, 15) is 18.0 Å². The first-order valence-electron chi connectivity index (χ1n) is 7.01. The van der Waals surface area contributed by atoms with E-state index in [2.05, 4.69) is 15.3 Å². The highest BCUT2D eigenvalue weighted by molar-refractivity contribution is 6.04. The predicted molar refractivity (Wildman–Crippen MR) is 83.4 cm³/mol. The molecule has 0 radical (unpaired) electrons. The fraction of sp³-hybridized carbons (Fsp3) is 0.0588. The fourth-order valence-electron chi connectivity index (χ4n) is 2.16. The summed E-state index contributed by atoms with van der Waals surface area (Å²) in [5, 5.41) is 2.64. The van der Waals surface area contributed by atoms with Crippen molar-refractivity contribution in [1.29, 1.82) is 0 Å². The highest BCUT2D eigenvalue weighted by Crippen LogP contribution is 2.29. The molecule has 1 aromatic heterocycles. The summed E-state index contributed by atoms with van der Waals surface area (Å²) in [6.07, 6.45) is -1.18. The van der Waals surface area contributed by atoms with Gasteiger partial charge < -0.3 is 10.3 Å². The Kier molecular flexibility index (Phi) is 4.07. The molecule has 0 spiro atoms. The number of imidazole rings is 1. The summed E-state index contributed by atoms with van der Waals surface area (Å²) in [5.41, 5.74) is 1.66. The van der Waals surface area contributed by atoms with Gasteiger partial charge in [0.1, 0.15) is 0 Å². The van der Waals surface area contributed by atoms with Gasteiger partial charge in [-0.2, -0.15) is 13.2 Å². The summed E-state index contributed by atoms with van der Waals surface area (Å²) >= 11 is 0. The Balaban J connectivity index is 1.70. The molecule has 24 heavy (non-hydrogen) atoms. The number of benzene rings is 2. The third-order valence-corrected chi connectivity index (χ3v) is 3.43. The van der Waals surface area contributed by atoms with Crippen LogP contribution in [0.3, 0.4) is 0 Å². The summed E-state index contributed by atoms with van der Waals surface area (Å²) in [5.74, 6) is -0.474. The number of rotatable bonds is 3. The number of aromatic amines is 1. The Hall–Kier alpha value is -3.09. The molecule has 1 heterocycles. The molecular weight excluding hydrogens is 319 g/mol. The number of nitrogens with one attached hydrogen (secondary N) is 2. The Labute approximate surface area is 135 Å². The molecule has 0 saturated carbocycles. The molecule has 0 aliphatic rings. The lowest BCUT2D eigenvalue weighted by atomic mass is 10.1. The third-order valence-electron chi connectivity index (χ3n) is 3.43. The first-order chi connectivity index (χ1) is 11.4. The maximum atomic E-state index is 12.5. The highest BCUT2D eigenvalue weighted by atomic mass is 19.4. The number of aromatic nitrogens is 2. The number of alkyl halides is 3. The Morgan fingerprint density at radius 2 is 1.67 bits per heavy atom. The van der Waals surface area contributed by atoms with Crippen LogP contribution in [0.4, 0.5) is 18.9 Å². The average Bonchev–Trinajstić information content (AvgIpc) is 3.09. The van der Waals surface area contributed by atoms with Crippen LogP contribution < -0.4 is 5.32 Å².